The van der Waals surface area contributed by atoms with Gasteiger partial charge < -0.3 is 9.72 Å². The van der Waals surface area contributed by atoms with Crippen LogP contribution in [0.2, 0.25) is 0 Å². The average Bonchev–Trinajstić information content (AvgIpc) is 2.86. The van der Waals surface area contributed by atoms with Gasteiger partial charge in [-0.3, -0.25) is 0 Å². The summed E-state index contributed by atoms with van der Waals surface area (Å²) in [7, 11) is 1.65. The van der Waals surface area contributed by atoms with Gasteiger partial charge in [-0.25, -0.2) is 15.0 Å². The minimum absolute atomic E-state index is 0.688. The van der Waals surface area contributed by atoms with Gasteiger partial charge in [0, 0.05) is 5.56 Å². The van der Waals surface area contributed by atoms with Crippen molar-refractivity contribution >= 4 is 11.2 Å². The van der Waals surface area contributed by atoms with E-state index in [1.807, 2.05) is 31.2 Å². The van der Waals surface area contributed by atoms with Gasteiger partial charge in [-0.05, 0) is 31.2 Å². The third-order valence-electron chi connectivity index (χ3n) is 2.76. The molecular formula is C13H12N4O. The summed E-state index contributed by atoms with van der Waals surface area (Å²) in [6, 6.07) is 7.77. The molecule has 0 bridgehead atoms. The Morgan fingerprint density at radius 1 is 1.11 bits per heavy atom. The van der Waals surface area contributed by atoms with Crippen molar-refractivity contribution in [1.29, 1.82) is 0 Å². The molecule has 0 saturated carbocycles. The highest BCUT2D eigenvalue weighted by molar-refractivity contribution is 5.86. The number of benzene rings is 1. The monoisotopic (exact) mass is 240 g/mol. The van der Waals surface area contributed by atoms with Crippen molar-refractivity contribution in [2.45, 2.75) is 6.92 Å². The number of nitrogens with zero attached hydrogens (tertiary/aromatic N) is 3. The highest BCUT2D eigenvalue weighted by Crippen LogP contribution is 2.25. The van der Waals surface area contributed by atoms with Gasteiger partial charge in [-0.2, -0.15) is 0 Å². The van der Waals surface area contributed by atoms with E-state index in [2.05, 4.69) is 19.9 Å². The van der Waals surface area contributed by atoms with E-state index in [1.165, 1.54) is 0 Å². The van der Waals surface area contributed by atoms with Gasteiger partial charge in [-0.15, -0.1) is 0 Å². The largest absolute Gasteiger partial charge is 0.497 e. The van der Waals surface area contributed by atoms with E-state index in [4.69, 9.17) is 4.74 Å². The van der Waals surface area contributed by atoms with Gasteiger partial charge in [0.25, 0.3) is 0 Å². The molecule has 0 aliphatic carbocycles. The highest BCUT2D eigenvalue weighted by Gasteiger charge is 2.09. The molecule has 5 heteroatoms. The normalized spacial score (nSPS) is 10.8. The van der Waals surface area contributed by atoms with Crippen LogP contribution in [0.3, 0.4) is 0 Å². The molecule has 0 atom stereocenters. The molecule has 2 heterocycles. The summed E-state index contributed by atoms with van der Waals surface area (Å²) in [5, 5.41) is 0. The number of imidazole rings is 1. The Labute approximate surface area is 104 Å². The first kappa shape index (κ1) is 10.7. The van der Waals surface area contributed by atoms with Gasteiger partial charge in [0.1, 0.15) is 17.1 Å². The van der Waals surface area contributed by atoms with Crippen molar-refractivity contribution in [3.63, 3.8) is 0 Å². The first-order chi connectivity index (χ1) is 8.78. The van der Waals surface area contributed by atoms with Gasteiger partial charge in [-0.1, -0.05) is 0 Å². The summed E-state index contributed by atoms with van der Waals surface area (Å²) in [5.41, 5.74) is 3.41. The molecule has 18 heavy (non-hydrogen) atoms. The molecule has 1 aromatic carbocycles. The zero-order valence-electron chi connectivity index (χ0n) is 10.1. The minimum atomic E-state index is 0.688. The van der Waals surface area contributed by atoms with E-state index < -0.39 is 0 Å². The van der Waals surface area contributed by atoms with E-state index in [1.54, 1.807) is 13.4 Å². The van der Waals surface area contributed by atoms with Crippen LogP contribution in [-0.4, -0.2) is 27.0 Å². The van der Waals surface area contributed by atoms with E-state index in [-0.39, 0.29) is 0 Å². The Morgan fingerprint density at radius 2 is 1.89 bits per heavy atom. The van der Waals surface area contributed by atoms with Crippen LogP contribution < -0.4 is 4.74 Å². The summed E-state index contributed by atoms with van der Waals surface area (Å²) >= 11 is 0. The molecule has 0 aliphatic heterocycles. The zero-order chi connectivity index (χ0) is 12.5. The summed E-state index contributed by atoms with van der Waals surface area (Å²) < 4.78 is 5.15. The highest BCUT2D eigenvalue weighted by atomic mass is 16.5. The first-order valence-electron chi connectivity index (χ1n) is 5.60. The third-order valence-corrected chi connectivity index (χ3v) is 2.76. The topological polar surface area (TPSA) is 63.7 Å². The number of aromatic nitrogens is 4. The summed E-state index contributed by atoms with van der Waals surface area (Å²) in [6.45, 7) is 1.86. The molecule has 90 valence electrons. The summed E-state index contributed by atoms with van der Waals surface area (Å²) in [5.74, 6) is 1.53. The molecule has 0 saturated heterocycles. The number of ether oxygens (including phenoxy) is 1. The molecule has 1 N–H and O–H groups in total. The van der Waals surface area contributed by atoms with Crippen molar-refractivity contribution in [3.05, 3.63) is 36.4 Å². The number of fused-ring (bicyclic) bond motifs is 1. The van der Waals surface area contributed by atoms with Crippen molar-refractivity contribution < 1.29 is 4.74 Å². The molecule has 0 amide bonds. The number of aryl methyl sites for hydroxylation is 1. The lowest BCUT2D eigenvalue weighted by Crippen LogP contribution is -1.93. The van der Waals surface area contributed by atoms with Gasteiger partial charge in [0.15, 0.2) is 5.65 Å². The van der Waals surface area contributed by atoms with Crippen LogP contribution in [-0.2, 0) is 0 Å². The number of rotatable bonds is 2. The Balaban J connectivity index is 2.20. The number of hydrogen-bond acceptors (Lipinski definition) is 4. The lowest BCUT2D eigenvalue weighted by molar-refractivity contribution is 0.415. The smallest absolute Gasteiger partial charge is 0.181 e. The maximum absolute atomic E-state index is 5.15. The number of aromatic amines is 1. The van der Waals surface area contributed by atoms with E-state index in [9.17, 15) is 0 Å². The Morgan fingerprint density at radius 3 is 2.61 bits per heavy atom. The van der Waals surface area contributed by atoms with Gasteiger partial charge >= 0.3 is 0 Å². The fourth-order valence-electron chi connectivity index (χ4n) is 1.90. The van der Waals surface area contributed by atoms with Crippen molar-refractivity contribution in [2.75, 3.05) is 7.11 Å². The van der Waals surface area contributed by atoms with Crippen LogP contribution in [0.25, 0.3) is 22.4 Å². The fraction of sp³-hybridized carbons (Fsp3) is 0.154. The molecule has 0 fully saturated rings. The van der Waals surface area contributed by atoms with Gasteiger partial charge in [0.05, 0.1) is 19.1 Å². The predicted octanol–water partition coefficient (Wildman–Crippen LogP) is 2.34. The molecule has 0 spiro atoms. The Bertz CT molecular complexity index is 688. The van der Waals surface area contributed by atoms with E-state index >= 15 is 0 Å². The number of H-pyrrole nitrogens is 1. The fourth-order valence-corrected chi connectivity index (χ4v) is 1.90. The predicted molar refractivity (Wildman–Crippen MR) is 68.4 cm³/mol. The summed E-state index contributed by atoms with van der Waals surface area (Å²) in [4.78, 5) is 16.0. The number of hydrogen-bond donors (Lipinski definition) is 1. The molecule has 5 nitrogen and oxygen atoms in total. The van der Waals surface area contributed by atoms with Crippen LogP contribution in [0.5, 0.6) is 5.75 Å². The second-order valence-electron chi connectivity index (χ2n) is 3.95. The lowest BCUT2D eigenvalue weighted by atomic mass is 10.1. The molecule has 0 radical (unpaired) electrons. The van der Waals surface area contributed by atoms with Crippen LogP contribution in [0.4, 0.5) is 0 Å². The van der Waals surface area contributed by atoms with Crippen molar-refractivity contribution in [3.8, 4) is 17.0 Å². The molecular weight excluding hydrogens is 228 g/mol. The lowest BCUT2D eigenvalue weighted by Gasteiger charge is -2.04. The Kier molecular flexibility index (Phi) is 2.44. The zero-order valence-corrected chi connectivity index (χ0v) is 10.1. The maximum Gasteiger partial charge on any atom is 0.181 e. The van der Waals surface area contributed by atoms with Crippen LogP contribution in [0, 0.1) is 6.92 Å². The SMILES string of the molecule is COc1ccc(-c2nc(C)nc3nc[nH]c23)cc1. The van der Waals surface area contributed by atoms with E-state index in [0.717, 1.165) is 22.5 Å². The van der Waals surface area contributed by atoms with Crippen LogP contribution in [0.1, 0.15) is 5.82 Å². The second kappa shape index (κ2) is 4.10. The molecule has 0 aliphatic rings. The minimum Gasteiger partial charge on any atom is -0.497 e. The third kappa shape index (κ3) is 1.69. The maximum atomic E-state index is 5.15. The second-order valence-corrected chi connectivity index (χ2v) is 3.95. The quantitative estimate of drug-likeness (QED) is 0.746. The van der Waals surface area contributed by atoms with Gasteiger partial charge in [0.2, 0.25) is 0 Å². The molecule has 0 unspecified atom stereocenters. The molecule has 3 rings (SSSR count). The average molecular weight is 240 g/mol. The first-order valence-corrected chi connectivity index (χ1v) is 5.60. The molecule has 2 aromatic heterocycles. The van der Waals surface area contributed by atoms with Crippen molar-refractivity contribution in [2.24, 2.45) is 0 Å². The summed E-state index contributed by atoms with van der Waals surface area (Å²) in [6.07, 6.45) is 1.63. The van der Waals surface area contributed by atoms with E-state index in [0.29, 0.717) is 11.5 Å². The van der Waals surface area contributed by atoms with Crippen LogP contribution in [0.15, 0.2) is 30.6 Å². The molecule has 3 aromatic rings. The standard InChI is InChI=1S/C13H12N4O/c1-8-16-11(12-13(17-8)15-7-14-12)9-3-5-10(18-2)6-4-9/h3-7H,1-2H3,(H,14,15,16,17). The van der Waals surface area contributed by atoms with Crippen molar-refractivity contribution in [1.82, 2.24) is 19.9 Å². The number of methoxy groups -OCH3 is 1. The number of nitrogens with one attached hydrogen (secondary N) is 1. The van der Waals surface area contributed by atoms with Crippen LogP contribution >= 0.6 is 0 Å². The Hall–Kier alpha value is -2.43.